The third-order valence-electron chi connectivity index (χ3n) is 4.71. The number of nitrogens with one attached hydrogen (secondary N) is 1. The van der Waals surface area contributed by atoms with E-state index < -0.39 is 12.1 Å². The number of hydrogen-bond donors (Lipinski definition) is 1. The summed E-state index contributed by atoms with van der Waals surface area (Å²) in [4.78, 5) is 25.5. The Morgan fingerprint density at radius 1 is 0.903 bits per heavy atom. The third kappa shape index (κ3) is 6.06. The Kier molecular flexibility index (Phi) is 7.60. The number of carbonyl (C=O) groups is 2. The molecule has 0 aromatic heterocycles. The lowest BCUT2D eigenvalue weighted by Gasteiger charge is -2.16. The van der Waals surface area contributed by atoms with Gasteiger partial charge in [0.25, 0.3) is 5.91 Å². The van der Waals surface area contributed by atoms with Crippen LogP contribution in [-0.2, 0) is 20.9 Å². The molecule has 1 atom stereocenters. The van der Waals surface area contributed by atoms with Crippen LogP contribution in [0.4, 0.5) is 0 Å². The minimum Gasteiger partial charge on any atom is -0.496 e. The summed E-state index contributed by atoms with van der Waals surface area (Å²) in [6.45, 7) is 1.92. The van der Waals surface area contributed by atoms with Crippen molar-refractivity contribution in [2.24, 2.45) is 0 Å². The average molecular weight is 415 g/mol. The molecule has 3 aromatic rings. The number of amides is 1. The van der Waals surface area contributed by atoms with Crippen molar-refractivity contribution in [1.82, 2.24) is 5.32 Å². The fourth-order valence-electron chi connectivity index (χ4n) is 3.03. The van der Waals surface area contributed by atoms with Gasteiger partial charge in [-0.3, -0.25) is 4.79 Å². The summed E-state index contributed by atoms with van der Waals surface area (Å²) in [6, 6.07) is 26.1. The van der Waals surface area contributed by atoms with Crippen molar-refractivity contribution < 1.29 is 19.1 Å². The molecule has 0 spiro atoms. The minimum atomic E-state index is -0.944. The fraction of sp³-hybridized carbons (Fsp3) is 0.154. The van der Waals surface area contributed by atoms with Crippen LogP contribution < -0.4 is 10.1 Å². The van der Waals surface area contributed by atoms with Gasteiger partial charge in [0.05, 0.1) is 12.7 Å². The Balaban J connectivity index is 1.77. The molecule has 5 heteroatoms. The number of para-hydroxylation sites is 1. The molecule has 0 aliphatic carbocycles. The summed E-state index contributed by atoms with van der Waals surface area (Å²) in [5.41, 5.74) is 2.74. The topological polar surface area (TPSA) is 64.6 Å². The van der Waals surface area contributed by atoms with Crippen molar-refractivity contribution in [1.29, 1.82) is 0 Å². The molecule has 0 bridgehead atoms. The van der Waals surface area contributed by atoms with Gasteiger partial charge >= 0.3 is 5.97 Å². The van der Waals surface area contributed by atoms with E-state index in [4.69, 9.17) is 9.47 Å². The van der Waals surface area contributed by atoms with Crippen LogP contribution in [0.15, 0.2) is 84.9 Å². The van der Waals surface area contributed by atoms with Gasteiger partial charge in [-0.15, -0.1) is 0 Å². The molecular formula is C26H25NO4. The van der Waals surface area contributed by atoms with Crippen LogP contribution in [0.2, 0.25) is 0 Å². The number of benzene rings is 3. The second-order valence-electron chi connectivity index (χ2n) is 6.92. The third-order valence-corrected chi connectivity index (χ3v) is 4.71. The zero-order chi connectivity index (χ0) is 22.1. The molecule has 0 saturated carbocycles. The van der Waals surface area contributed by atoms with Crippen LogP contribution in [0.3, 0.4) is 0 Å². The molecule has 1 unspecified atom stereocenters. The maximum atomic E-state index is 13.0. The molecule has 0 aliphatic heterocycles. The Labute approximate surface area is 182 Å². The van der Waals surface area contributed by atoms with E-state index in [1.54, 1.807) is 20.1 Å². The molecule has 5 nitrogen and oxygen atoms in total. The van der Waals surface area contributed by atoms with Gasteiger partial charge in [0, 0.05) is 12.1 Å². The Hall–Kier alpha value is -3.86. The molecule has 3 rings (SSSR count). The van der Waals surface area contributed by atoms with E-state index in [9.17, 15) is 9.59 Å². The van der Waals surface area contributed by atoms with Crippen LogP contribution in [0.1, 0.15) is 23.6 Å². The van der Waals surface area contributed by atoms with Crippen molar-refractivity contribution in [3.8, 4) is 5.75 Å². The minimum absolute atomic E-state index is 0.341. The van der Waals surface area contributed by atoms with E-state index in [-0.39, 0.29) is 5.91 Å². The first-order chi connectivity index (χ1) is 15.1. The lowest BCUT2D eigenvalue weighted by atomic mass is 10.0. The highest BCUT2D eigenvalue weighted by atomic mass is 16.5. The van der Waals surface area contributed by atoms with E-state index in [2.05, 4.69) is 5.32 Å². The fourth-order valence-corrected chi connectivity index (χ4v) is 3.03. The number of esters is 1. The molecule has 0 heterocycles. The first-order valence-electron chi connectivity index (χ1n) is 10.0. The van der Waals surface area contributed by atoms with Gasteiger partial charge in [0.2, 0.25) is 0 Å². The maximum Gasteiger partial charge on any atom is 0.339 e. The second-order valence-corrected chi connectivity index (χ2v) is 6.92. The normalized spacial score (nSPS) is 12.0. The lowest BCUT2D eigenvalue weighted by molar-refractivity contribution is -0.149. The van der Waals surface area contributed by atoms with Crippen LogP contribution in [0.25, 0.3) is 11.6 Å². The van der Waals surface area contributed by atoms with E-state index >= 15 is 0 Å². The number of ether oxygens (including phenoxy) is 2. The van der Waals surface area contributed by atoms with Gasteiger partial charge in [0.1, 0.15) is 5.75 Å². The summed E-state index contributed by atoms with van der Waals surface area (Å²) < 4.78 is 10.9. The number of rotatable bonds is 8. The number of methoxy groups -OCH3 is 1. The number of carbonyl (C=O) groups excluding carboxylic acids is 2. The predicted molar refractivity (Wildman–Crippen MR) is 121 cm³/mol. The Morgan fingerprint density at radius 3 is 2.19 bits per heavy atom. The van der Waals surface area contributed by atoms with Gasteiger partial charge in [-0.25, -0.2) is 4.79 Å². The van der Waals surface area contributed by atoms with Gasteiger partial charge in [0.15, 0.2) is 6.10 Å². The first kappa shape index (κ1) is 21.8. The van der Waals surface area contributed by atoms with Crippen LogP contribution in [-0.4, -0.2) is 25.1 Å². The predicted octanol–water partition coefficient (Wildman–Crippen LogP) is 4.48. The molecule has 0 fully saturated rings. The van der Waals surface area contributed by atoms with Gasteiger partial charge in [-0.1, -0.05) is 78.9 Å². The van der Waals surface area contributed by atoms with Gasteiger partial charge < -0.3 is 14.8 Å². The summed E-state index contributed by atoms with van der Waals surface area (Å²) in [7, 11) is 1.58. The van der Waals surface area contributed by atoms with Crippen molar-refractivity contribution in [3.05, 3.63) is 102 Å². The lowest BCUT2D eigenvalue weighted by Crippen LogP contribution is -2.35. The molecule has 0 aliphatic rings. The van der Waals surface area contributed by atoms with E-state index in [1.807, 2.05) is 84.9 Å². The molecule has 1 amide bonds. The van der Waals surface area contributed by atoms with E-state index in [0.717, 1.165) is 11.1 Å². The standard InChI is InChI=1S/C26H25NO4/c1-19(25(28)27-18-20-11-5-3-6-12-20)31-26(29)23(21-13-7-4-8-14-21)17-22-15-9-10-16-24(22)30-2/h3-17,19H,18H2,1-2H3,(H,27,28)/b23-17+. The number of hydrogen-bond acceptors (Lipinski definition) is 4. The molecule has 158 valence electrons. The summed E-state index contributed by atoms with van der Waals surface area (Å²) in [6.07, 6.45) is 0.770. The summed E-state index contributed by atoms with van der Waals surface area (Å²) in [5, 5.41) is 2.80. The highest BCUT2D eigenvalue weighted by Crippen LogP contribution is 2.25. The molecular weight excluding hydrogens is 390 g/mol. The Bertz CT molecular complexity index is 1050. The average Bonchev–Trinajstić information content (AvgIpc) is 2.82. The zero-order valence-corrected chi connectivity index (χ0v) is 17.6. The van der Waals surface area contributed by atoms with E-state index in [1.165, 1.54) is 0 Å². The quantitative estimate of drug-likeness (QED) is 0.335. The molecule has 0 radical (unpaired) electrons. The summed E-state index contributed by atoms with van der Waals surface area (Å²) >= 11 is 0. The summed E-state index contributed by atoms with van der Waals surface area (Å²) in [5.74, 6) is -0.307. The smallest absolute Gasteiger partial charge is 0.339 e. The Morgan fingerprint density at radius 2 is 1.52 bits per heavy atom. The SMILES string of the molecule is COc1ccccc1/C=C(/C(=O)OC(C)C(=O)NCc1ccccc1)c1ccccc1. The van der Waals surface area contributed by atoms with Crippen LogP contribution in [0, 0.1) is 0 Å². The zero-order valence-electron chi connectivity index (χ0n) is 17.6. The molecule has 3 aromatic carbocycles. The molecule has 1 N–H and O–H groups in total. The molecule has 31 heavy (non-hydrogen) atoms. The van der Waals surface area contributed by atoms with Gasteiger partial charge in [-0.2, -0.15) is 0 Å². The van der Waals surface area contributed by atoms with Crippen LogP contribution >= 0.6 is 0 Å². The van der Waals surface area contributed by atoms with Crippen molar-refractivity contribution in [2.75, 3.05) is 7.11 Å². The first-order valence-corrected chi connectivity index (χ1v) is 10.0. The van der Waals surface area contributed by atoms with Crippen molar-refractivity contribution in [2.45, 2.75) is 19.6 Å². The van der Waals surface area contributed by atoms with Crippen molar-refractivity contribution >= 4 is 23.5 Å². The van der Waals surface area contributed by atoms with Gasteiger partial charge in [-0.05, 0) is 30.2 Å². The maximum absolute atomic E-state index is 13.0. The van der Waals surface area contributed by atoms with E-state index in [0.29, 0.717) is 23.4 Å². The highest BCUT2D eigenvalue weighted by Gasteiger charge is 2.21. The second kappa shape index (κ2) is 10.8. The largest absolute Gasteiger partial charge is 0.496 e. The molecule has 0 saturated heterocycles. The highest BCUT2D eigenvalue weighted by molar-refractivity contribution is 6.22. The van der Waals surface area contributed by atoms with Crippen molar-refractivity contribution in [3.63, 3.8) is 0 Å². The monoisotopic (exact) mass is 415 g/mol. The van der Waals surface area contributed by atoms with Crippen LogP contribution in [0.5, 0.6) is 5.75 Å².